The zero-order valence-electron chi connectivity index (χ0n) is 12.8. The van der Waals surface area contributed by atoms with Crippen LogP contribution >= 0.6 is 7.60 Å². The van der Waals surface area contributed by atoms with E-state index in [2.05, 4.69) is 10.0 Å². The van der Waals surface area contributed by atoms with Crippen molar-refractivity contribution in [1.29, 1.82) is 0 Å². The normalized spacial score (nSPS) is 13.2. The Labute approximate surface area is 125 Å². The predicted molar refractivity (Wildman–Crippen MR) is 83.1 cm³/mol. The molecule has 0 aliphatic heterocycles. The van der Waals surface area contributed by atoms with Crippen LogP contribution in [-0.4, -0.2) is 18.0 Å². The fourth-order valence-corrected chi connectivity index (χ4v) is 3.97. The molecular weight excluding hydrogens is 289 g/mol. The molecule has 0 aliphatic rings. The Morgan fingerprint density at radius 3 is 2.10 bits per heavy atom. The van der Waals surface area contributed by atoms with E-state index in [0.29, 0.717) is 6.42 Å². The maximum atomic E-state index is 13.0. The lowest BCUT2D eigenvalue weighted by Crippen LogP contribution is -2.18. The SMILES string of the molecule is CC(C)OP(=O)(OC(C)C)C(Cc1ccccc1)N=[N+]=[N-]. The molecule has 1 aromatic rings. The summed E-state index contributed by atoms with van der Waals surface area (Å²) in [7, 11) is -3.54. The van der Waals surface area contributed by atoms with Crippen LogP contribution in [0.3, 0.4) is 0 Å². The highest BCUT2D eigenvalue weighted by molar-refractivity contribution is 7.54. The molecule has 6 nitrogen and oxygen atoms in total. The maximum absolute atomic E-state index is 13.0. The second kappa shape index (κ2) is 8.20. The summed E-state index contributed by atoms with van der Waals surface area (Å²) >= 11 is 0. The number of benzene rings is 1. The van der Waals surface area contributed by atoms with Crippen LogP contribution in [0.15, 0.2) is 35.4 Å². The van der Waals surface area contributed by atoms with E-state index in [9.17, 15) is 4.57 Å². The van der Waals surface area contributed by atoms with Gasteiger partial charge in [0.25, 0.3) is 0 Å². The monoisotopic (exact) mass is 311 g/mol. The molecule has 0 amide bonds. The summed E-state index contributed by atoms with van der Waals surface area (Å²) in [6, 6.07) is 9.41. The Morgan fingerprint density at radius 2 is 1.67 bits per heavy atom. The van der Waals surface area contributed by atoms with Crippen molar-refractivity contribution in [1.82, 2.24) is 0 Å². The van der Waals surface area contributed by atoms with Gasteiger partial charge in [0.15, 0.2) is 0 Å². The minimum atomic E-state index is -3.54. The van der Waals surface area contributed by atoms with Crippen LogP contribution in [0.25, 0.3) is 10.4 Å². The Hall–Kier alpha value is -1.32. The molecule has 0 N–H and O–H groups in total. The summed E-state index contributed by atoms with van der Waals surface area (Å²) in [6.07, 6.45) is -0.273. The van der Waals surface area contributed by atoms with Gasteiger partial charge in [-0.1, -0.05) is 35.4 Å². The quantitative estimate of drug-likeness (QED) is 0.296. The van der Waals surface area contributed by atoms with Gasteiger partial charge >= 0.3 is 7.60 Å². The largest absolute Gasteiger partial charge is 0.340 e. The molecule has 0 saturated heterocycles. The smallest absolute Gasteiger partial charge is 0.306 e. The molecule has 0 bridgehead atoms. The second-order valence-electron chi connectivity index (χ2n) is 5.22. The van der Waals surface area contributed by atoms with Crippen molar-refractivity contribution < 1.29 is 13.6 Å². The average Bonchev–Trinajstić information content (AvgIpc) is 2.37. The number of hydrogen-bond acceptors (Lipinski definition) is 4. The van der Waals surface area contributed by atoms with Gasteiger partial charge in [0.1, 0.15) is 5.78 Å². The average molecular weight is 311 g/mol. The van der Waals surface area contributed by atoms with Gasteiger partial charge in [-0.3, -0.25) is 4.57 Å². The van der Waals surface area contributed by atoms with E-state index in [1.165, 1.54) is 0 Å². The first kappa shape index (κ1) is 17.7. The molecule has 0 saturated carbocycles. The van der Waals surface area contributed by atoms with Crippen LogP contribution in [0, 0.1) is 0 Å². The molecule has 7 heteroatoms. The van der Waals surface area contributed by atoms with Gasteiger partial charge in [0, 0.05) is 4.91 Å². The summed E-state index contributed by atoms with van der Waals surface area (Å²) in [4.78, 5) is 2.81. The molecule has 0 radical (unpaired) electrons. The van der Waals surface area contributed by atoms with E-state index in [0.717, 1.165) is 5.56 Å². The minimum Gasteiger partial charge on any atom is -0.306 e. The van der Waals surface area contributed by atoms with Crippen LogP contribution in [0.2, 0.25) is 0 Å². The molecule has 0 spiro atoms. The third-order valence-corrected chi connectivity index (χ3v) is 4.97. The summed E-state index contributed by atoms with van der Waals surface area (Å²) < 4.78 is 24.0. The molecule has 116 valence electrons. The van der Waals surface area contributed by atoms with Crippen molar-refractivity contribution in [2.24, 2.45) is 5.11 Å². The summed E-state index contributed by atoms with van der Waals surface area (Å²) in [5.41, 5.74) is 9.68. The zero-order chi connectivity index (χ0) is 15.9. The van der Waals surface area contributed by atoms with Crippen LogP contribution in [0.5, 0.6) is 0 Å². The molecule has 21 heavy (non-hydrogen) atoms. The Balaban J connectivity index is 3.07. The minimum absolute atomic E-state index is 0.290. The molecule has 0 fully saturated rings. The Bertz CT molecular complexity index is 514. The van der Waals surface area contributed by atoms with Crippen LogP contribution in [-0.2, 0) is 20.0 Å². The Kier molecular flexibility index (Phi) is 6.93. The molecular formula is C14H22N3O3P. The fourth-order valence-electron chi connectivity index (χ4n) is 1.85. The van der Waals surface area contributed by atoms with Gasteiger partial charge in [-0.2, -0.15) is 0 Å². The summed E-state index contributed by atoms with van der Waals surface area (Å²) in [5, 5.41) is 3.67. The third kappa shape index (κ3) is 5.90. The first-order chi connectivity index (χ1) is 9.87. The van der Waals surface area contributed by atoms with E-state index in [-0.39, 0.29) is 12.2 Å². The van der Waals surface area contributed by atoms with Gasteiger partial charge in [-0.25, -0.2) is 0 Å². The molecule has 0 aliphatic carbocycles. The maximum Gasteiger partial charge on any atom is 0.340 e. The highest BCUT2D eigenvalue weighted by atomic mass is 31.2. The molecule has 1 rings (SSSR count). The first-order valence-corrected chi connectivity index (χ1v) is 8.53. The number of azide groups is 1. The highest BCUT2D eigenvalue weighted by Crippen LogP contribution is 2.56. The van der Waals surface area contributed by atoms with Crippen LogP contribution in [0.4, 0.5) is 0 Å². The van der Waals surface area contributed by atoms with Gasteiger partial charge in [-0.05, 0) is 45.2 Å². The van der Waals surface area contributed by atoms with Gasteiger partial charge < -0.3 is 9.05 Å². The highest BCUT2D eigenvalue weighted by Gasteiger charge is 2.37. The van der Waals surface area contributed by atoms with E-state index >= 15 is 0 Å². The summed E-state index contributed by atoms with van der Waals surface area (Å²) in [6.45, 7) is 7.08. The number of rotatable bonds is 8. The molecule has 1 aromatic carbocycles. The molecule has 1 atom stereocenters. The molecule has 0 heterocycles. The van der Waals surface area contributed by atoms with E-state index < -0.39 is 13.4 Å². The lowest BCUT2D eigenvalue weighted by molar-refractivity contribution is 0.136. The van der Waals surface area contributed by atoms with Crippen molar-refractivity contribution >= 4 is 7.60 Å². The molecule has 1 unspecified atom stereocenters. The van der Waals surface area contributed by atoms with Gasteiger partial charge in [-0.15, -0.1) is 0 Å². The van der Waals surface area contributed by atoms with Crippen LogP contribution < -0.4 is 0 Å². The van der Waals surface area contributed by atoms with Crippen molar-refractivity contribution in [2.75, 3.05) is 0 Å². The van der Waals surface area contributed by atoms with E-state index in [1.54, 1.807) is 27.7 Å². The van der Waals surface area contributed by atoms with E-state index in [1.807, 2.05) is 30.3 Å². The number of nitrogens with zero attached hydrogens (tertiary/aromatic N) is 3. The Morgan fingerprint density at radius 1 is 1.14 bits per heavy atom. The lowest BCUT2D eigenvalue weighted by Gasteiger charge is -2.27. The standard InChI is InChI=1S/C14H22N3O3P/c1-11(2)19-21(18,20-12(3)4)14(16-17-15)10-13-8-6-5-7-9-13/h5-9,11-12,14H,10H2,1-4H3. The second-order valence-corrected chi connectivity index (χ2v) is 7.32. The lowest BCUT2D eigenvalue weighted by atomic mass is 10.1. The van der Waals surface area contributed by atoms with Crippen molar-refractivity contribution in [3.63, 3.8) is 0 Å². The first-order valence-electron chi connectivity index (χ1n) is 6.92. The zero-order valence-corrected chi connectivity index (χ0v) is 13.7. The van der Waals surface area contributed by atoms with E-state index in [4.69, 9.17) is 14.6 Å². The van der Waals surface area contributed by atoms with Gasteiger partial charge in [0.05, 0.1) is 12.2 Å². The van der Waals surface area contributed by atoms with Crippen molar-refractivity contribution in [3.05, 3.63) is 46.3 Å². The van der Waals surface area contributed by atoms with Crippen molar-refractivity contribution in [3.8, 4) is 0 Å². The number of hydrogen-bond donors (Lipinski definition) is 0. The third-order valence-electron chi connectivity index (χ3n) is 2.53. The van der Waals surface area contributed by atoms with Crippen molar-refractivity contribution in [2.45, 2.75) is 52.1 Å². The topological polar surface area (TPSA) is 84.3 Å². The summed E-state index contributed by atoms with van der Waals surface area (Å²) in [5.74, 6) is -0.880. The molecule has 0 aromatic heterocycles. The predicted octanol–water partition coefficient (Wildman–Crippen LogP) is 4.91. The van der Waals surface area contributed by atoms with Gasteiger partial charge in [0.2, 0.25) is 0 Å². The van der Waals surface area contributed by atoms with Crippen LogP contribution in [0.1, 0.15) is 33.3 Å². The fraction of sp³-hybridized carbons (Fsp3) is 0.571.